The van der Waals surface area contributed by atoms with Gasteiger partial charge in [0, 0.05) is 11.8 Å². The number of halogens is 2. The molecule has 0 saturated heterocycles. The molecule has 8 heteroatoms. The van der Waals surface area contributed by atoms with Crippen molar-refractivity contribution in [3.8, 4) is 22.7 Å². The van der Waals surface area contributed by atoms with E-state index in [9.17, 15) is 0 Å². The number of nitrogens with two attached hydrogens (primary N) is 1. The molecule has 110 valence electrons. The first-order chi connectivity index (χ1) is 10.6. The Morgan fingerprint density at radius 3 is 2.73 bits per heavy atom. The van der Waals surface area contributed by atoms with Gasteiger partial charge in [-0.15, -0.1) is 0 Å². The van der Waals surface area contributed by atoms with Gasteiger partial charge in [-0.05, 0) is 40.2 Å². The van der Waals surface area contributed by atoms with Gasteiger partial charge in [0.05, 0.1) is 11.3 Å². The molecule has 3 aromatic rings. The van der Waals surface area contributed by atoms with Crippen molar-refractivity contribution in [1.29, 1.82) is 5.41 Å². The lowest BCUT2D eigenvalue weighted by Gasteiger charge is -2.10. The first kappa shape index (κ1) is 14.7. The van der Waals surface area contributed by atoms with E-state index in [4.69, 9.17) is 27.2 Å². The number of nitrogens with zero attached hydrogens (tertiary/aromatic N) is 3. The van der Waals surface area contributed by atoms with Crippen LogP contribution in [0.2, 0.25) is 0 Å². The van der Waals surface area contributed by atoms with Crippen molar-refractivity contribution in [1.82, 2.24) is 15.0 Å². The van der Waals surface area contributed by atoms with Crippen molar-refractivity contribution in [3.63, 3.8) is 0 Å². The second-order valence-corrected chi connectivity index (χ2v) is 5.49. The van der Waals surface area contributed by atoms with E-state index in [1.54, 1.807) is 30.5 Å². The van der Waals surface area contributed by atoms with Gasteiger partial charge in [0.25, 0.3) is 0 Å². The van der Waals surface area contributed by atoms with Gasteiger partial charge < -0.3 is 10.2 Å². The zero-order valence-corrected chi connectivity index (χ0v) is 13.4. The molecule has 0 fully saturated rings. The molecule has 0 atom stereocenters. The van der Waals surface area contributed by atoms with Crippen LogP contribution in [0.3, 0.4) is 0 Å². The number of furan rings is 1. The van der Waals surface area contributed by atoms with Gasteiger partial charge in [0.2, 0.25) is 0 Å². The minimum absolute atomic E-state index is 0.153. The van der Waals surface area contributed by atoms with Gasteiger partial charge in [0.1, 0.15) is 23.0 Å². The summed E-state index contributed by atoms with van der Waals surface area (Å²) in [7, 11) is 0. The van der Waals surface area contributed by atoms with E-state index >= 15 is 0 Å². The van der Waals surface area contributed by atoms with Crippen molar-refractivity contribution in [3.05, 3.63) is 47.0 Å². The molecule has 0 aromatic carbocycles. The predicted molar refractivity (Wildman–Crippen MR) is 87.8 cm³/mol. The SMILES string of the molecule is N=C(Cl)c1cc(-c2ccncn2)c(-c2ccc(Br)o2)nc1N. The molecule has 6 nitrogen and oxygen atoms in total. The maximum atomic E-state index is 7.60. The average Bonchev–Trinajstić information content (AvgIpc) is 2.94. The Hall–Kier alpha value is -2.25. The number of pyridine rings is 1. The smallest absolute Gasteiger partial charge is 0.169 e. The molecule has 0 spiro atoms. The van der Waals surface area contributed by atoms with Crippen LogP contribution in [0.1, 0.15) is 5.56 Å². The molecule has 3 aromatic heterocycles. The van der Waals surface area contributed by atoms with Crippen molar-refractivity contribution in [2.75, 3.05) is 5.73 Å². The summed E-state index contributed by atoms with van der Waals surface area (Å²) in [6.45, 7) is 0. The number of nitrogen functional groups attached to an aromatic ring is 1. The third-order valence-electron chi connectivity index (χ3n) is 2.95. The van der Waals surface area contributed by atoms with Crippen molar-refractivity contribution in [2.45, 2.75) is 0 Å². The Kier molecular flexibility index (Phi) is 3.91. The van der Waals surface area contributed by atoms with Gasteiger partial charge in [-0.25, -0.2) is 15.0 Å². The summed E-state index contributed by atoms with van der Waals surface area (Å²) in [6, 6.07) is 6.93. The second kappa shape index (κ2) is 5.86. The van der Waals surface area contributed by atoms with Crippen molar-refractivity contribution in [2.24, 2.45) is 0 Å². The van der Waals surface area contributed by atoms with Gasteiger partial charge in [-0.1, -0.05) is 11.6 Å². The molecule has 22 heavy (non-hydrogen) atoms. The molecule has 3 N–H and O–H groups in total. The van der Waals surface area contributed by atoms with Gasteiger partial charge in [-0.2, -0.15) is 0 Å². The van der Waals surface area contributed by atoms with E-state index in [0.29, 0.717) is 32.9 Å². The van der Waals surface area contributed by atoms with Crippen LogP contribution in [-0.2, 0) is 0 Å². The molecule has 0 amide bonds. The number of anilines is 1. The predicted octanol–water partition coefficient (Wildman–Crippen LogP) is 3.71. The summed E-state index contributed by atoms with van der Waals surface area (Å²) in [6.07, 6.45) is 3.05. The molecule has 0 unspecified atom stereocenters. The van der Waals surface area contributed by atoms with Gasteiger partial charge in [0.15, 0.2) is 10.4 Å². The van der Waals surface area contributed by atoms with E-state index in [1.807, 2.05) is 0 Å². The van der Waals surface area contributed by atoms with E-state index in [2.05, 4.69) is 30.9 Å². The van der Waals surface area contributed by atoms with Crippen LogP contribution in [0.4, 0.5) is 5.82 Å². The number of aromatic nitrogens is 3. The molecular formula is C14H9BrClN5O. The largest absolute Gasteiger partial charge is 0.448 e. The molecule has 0 aliphatic heterocycles. The summed E-state index contributed by atoms with van der Waals surface area (Å²) in [4.78, 5) is 12.4. The topological polar surface area (TPSA) is 102 Å². The lowest BCUT2D eigenvalue weighted by molar-refractivity contribution is 0.554. The van der Waals surface area contributed by atoms with Crippen LogP contribution in [0.25, 0.3) is 22.7 Å². The van der Waals surface area contributed by atoms with Crippen LogP contribution < -0.4 is 5.73 Å². The van der Waals surface area contributed by atoms with E-state index < -0.39 is 0 Å². The van der Waals surface area contributed by atoms with Crippen LogP contribution in [0, 0.1) is 5.41 Å². The number of rotatable bonds is 3. The fourth-order valence-corrected chi connectivity index (χ4v) is 2.44. The zero-order chi connectivity index (χ0) is 15.7. The molecule has 0 aliphatic carbocycles. The highest BCUT2D eigenvalue weighted by Crippen LogP contribution is 2.34. The highest BCUT2D eigenvalue weighted by atomic mass is 79.9. The van der Waals surface area contributed by atoms with E-state index in [1.165, 1.54) is 6.33 Å². The summed E-state index contributed by atoms with van der Waals surface area (Å²) in [5.74, 6) is 0.681. The molecule has 0 bridgehead atoms. The zero-order valence-electron chi connectivity index (χ0n) is 11.0. The molecule has 0 saturated carbocycles. The lowest BCUT2D eigenvalue weighted by Crippen LogP contribution is -2.04. The van der Waals surface area contributed by atoms with E-state index in [-0.39, 0.29) is 11.0 Å². The van der Waals surface area contributed by atoms with Crippen molar-refractivity contribution < 1.29 is 4.42 Å². The van der Waals surface area contributed by atoms with Crippen molar-refractivity contribution >= 4 is 38.5 Å². The summed E-state index contributed by atoms with van der Waals surface area (Å²) in [5, 5.41) is 7.41. The fraction of sp³-hybridized carbons (Fsp3) is 0. The third-order valence-corrected chi connectivity index (χ3v) is 3.58. The summed E-state index contributed by atoms with van der Waals surface area (Å²) in [5.41, 5.74) is 8.03. The van der Waals surface area contributed by atoms with Gasteiger partial charge in [-0.3, -0.25) is 5.41 Å². The Morgan fingerprint density at radius 1 is 1.32 bits per heavy atom. The lowest BCUT2D eigenvalue weighted by atomic mass is 10.0. The van der Waals surface area contributed by atoms with Crippen LogP contribution in [0.15, 0.2) is 45.9 Å². The highest BCUT2D eigenvalue weighted by Gasteiger charge is 2.18. The molecule has 0 aliphatic rings. The maximum absolute atomic E-state index is 7.60. The maximum Gasteiger partial charge on any atom is 0.169 e. The Bertz CT molecular complexity index is 850. The minimum Gasteiger partial charge on any atom is -0.448 e. The van der Waals surface area contributed by atoms with E-state index in [0.717, 1.165) is 0 Å². The van der Waals surface area contributed by atoms with Crippen LogP contribution in [-0.4, -0.2) is 20.1 Å². The normalized spacial score (nSPS) is 10.6. The summed E-state index contributed by atoms with van der Waals surface area (Å²) < 4.78 is 6.13. The second-order valence-electron chi connectivity index (χ2n) is 4.33. The number of hydrogen-bond donors (Lipinski definition) is 2. The summed E-state index contributed by atoms with van der Waals surface area (Å²) >= 11 is 9.03. The monoisotopic (exact) mass is 377 g/mol. The number of hydrogen-bond acceptors (Lipinski definition) is 6. The quantitative estimate of drug-likeness (QED) is 0.676. The molecule has 3 rings (SSSR count). The number of nitrogens with one attached hydrogen (secondary N) is 1. The average molecular weight is 379 g/mol. The molecular weight excluding hydrogens is 370 g/mol. The highest BCUT2D eigenvalue weighted by molar-refractivity contribution is 9.10. The Morgan fingerprint density at radius 2 is 2.14 bits per heavy atom. The Balaban J connectivity index is 2.28. The van der Waals surface area contributed by atoms with Crippen LogP contribution in [0.5, 0.6) is 0 Å². The molecule has 0 radical (unpaired) electrons. The first-order valence-corrected chi connectivity index (χ1v) is 7.30. The Labute approximate surface area is 139 Å². The first-order valence-electron chi connectivity index (χ1n) is 6.13. The third kappa shape index (κ3) is 2.72. The van der Waals surface area contributed by atoms with Gasteiger partial charge >= 0.3 is 0 Å². The minimum atomic E-state index is -0.188. The molecule has 3 heterocycles. The van der Waals surface area contributed by atoms with Crippen LogP contribution >= 0.6 is 27.5 Å². The standard InChI is InChI=1S/C14H9BrClN5O/c15-11-2-1-10(22-11)12-7(9-3-4-19-6-20-9)5-8(13(16)17)14(18)21-12/h1-6,17H,(H2,18,21). The fourth-order valence-electron chi connectivity index (χ4n) is 1.98.